The molecule has 0 saturated heterocycles. The van der Waals surface area contributed by atoms with Crippen molar-refractivity contribution in [1.82, 2.24) is 29.5 Å². The second-order valence-electron chi connectivity index (χ2n) is 8.20. The maximum absolute atomic E-state index is 13.4. The van der Waals surface area contributed by atoms with Gasteiger partial charge < -0.3 is 0 Å². The van der Waals surface area contributed by atoms with E-state index in [-0.39, 0.29) is 23.1 Å². The van der Waals surface area contributed by atoms with Gasteiger partial charge in [-0.3, -0.25) is 0 Å². The van der Waals surface area contributed by atoms with Gasteiger partial charge in [0.25, 0.3) is 0 Å². The fourth-order valence-corrected chi connectivity index (χ4v) is 5.78. The predicted octanol–water partition coefficient (Wildman–Crippen LogP) is 2.89. The van der Waals surface area contributed by atoms with Gasteiger partial charge in [-0.25, -0.2) is 0 Å². The molecule has 1 radical (unpaired) electrons. The van der Waals surface area contributed by atoms with Crippen molar-refractivity contribution < 1.29 is 18.3 Å². The number of carbonyl (C=O) groups is 1. The number of benzene rings is 1. The number of methoxy groups -OCH3 is 1. The Bertz CT molecular complexity index is 1610. The zero-order valence-corrected chi connectivity index (χ0v) is 22.2. The molecule has 0 bridgehead atoms. The molecule has 0 fully saturated rings. The van der Waals surface area contributed by atoms with Crippen LogP contribution < -0.4 is 18.9 Å². The summed E-state index contributed by atoms with van der Waals surface area (Å²) in [6, 6.07) is 15.7. The number of amides is 1. The van der Waals surface area contributed by atoms with Crippen molar-refractivity contribution in [2.75, 3.05) is 12.4 Å². The molecular formula is C26H21AsF2N7O2. The van der Waals surface area contributed by atoms with E-state index in [9.17, 15) is 13.6 Å². The van der Waals surface area contributed by atoms with Crippen molar-refractivity contribution in [3.63, 3.8) is 0 Å². The van der Waals surface area contributed by atoms with Crippen LogP contribution in [-0.4, -0.2) is 58.3 Å². The Morgan fingerprint density at radius 3 is 2.63 bits per heavy atom. The summed E-state index contributed by atoms with van der Waals surface area (Å²) in [7, 11) is 1.61. The average molecular weight is 576 g/mol. The molecular weight excluding hydrogens is 555 g/mol. The molecule has 0 saturated carbocycles. The molecule has 1 amide bonds. The third kappa shape index (κ3) is 5.68. The summed E-state index contributed by atoms with van der Waals surface area (Å²) in [6.45, 7) is 1.90. The predicted molar refractivity (Wildman–Crippen MR) is 139 cm³/mol. The van der Waals surface area contributed by atoms with Crippen LogP contribution in [0, 0.1) is 0 Å². The third-order valence-corrected chi connectivity index (χ3v) is 7.69. The fraction of sp³-hybridized carbons (Fsp3) is 0.154. The number of fused-ring (bicyclic) bond motifs is 1. The fourth-order valence-electron chi connectivity index (χ4n) is 3.72. The van der Waals surface area contributed by atoms with Crippen molar-refractivity contribution >= 4 is 47.5 Å². The Hall–Kier alpha value is -4.24. The number of hydrogen-bond acceptors (Lipinski definition) is 7. The number of hydrogen-bond donors (Lipinski definition) is 1. The van der Waals surface area contributed by atoms with Gasteiger partial charge in [-0.1, -0.05) is 0 Å². The van der Waals surface area contributed by atoms with Gasteiger partial charge in [0.1, 0.15) is 0 Å². The standard InChI is InChI=1S/C26H21AsF2N7O2/c1-15(37)32-21-12-17(10-11-30-21)27-23-22-26(35-25(34-23)20-5-3-4-19(33-20)24(28)29)36(14-31-22)13-16-6-8-18(38-2)9-7-16/h3-12,14,24H,13H2,1-2H3,(H,30,32,37). The second kappa shape index (κ2) is 11.0. The van der Waals surface area contributed by atoms with Crippen molar-refractivity contribution in [2.24, 2.45) is 0 Å². The van der Waals surface area contributed by atoms with E-state index in [1.165, 1.54) is 19.1 Å². The number of imidazole rings is 1. The average Bonchev–Trinajstić information content (AvgIpc) is 3.32. The van der Waals surface area contributed by atoms with E-state index in [1.54, 1.807) is 31.8 Å². The maximum atomic E-state index is 13.4. The number of aromatic nitrogens is 6. The number of anilines is 1. The molecule has 191 valence electrons. The van der Waals surface area contributed by atoms with E-state index < -0.39 is 22.2 Å². The van der Waals surface area contributed by atoms with Crippen LogP contribution in [0.3, 0.4) is 0 Å². The van der Waals surface area contributed by atoms with Gasteiger partial charge in [0.2, 0.25) is 0 Å². The van der Waals surface area contributed by atoms with Gasteiger partial charge in [0, 0.05) is 0 Å². The minimum absolute atomic E-state index is 0.222. The molecule has 5 aromatic rings. The first-order valence-electron chi connectivity index (χ1n) is 11.5. The van der Waals surface area contributed by atoms with Gasteiger partial charge in [0.15, 0.2) is 0 Å². The van der Waals surface area contributed by atoms with E-state index in [0.717, 1.165) is 15.7 Å². The molecule has 0 atom stereocenters. The first-order chi connectivity index (χ1) is 18.4. The first-order valence-corrected chi connectivity index (χ1v) is 13.3. The van der Waals surface area contributed by atoms with Crippen LogP contribution in [0.15, 0.2) is 67.1 Å². The van der Waals surface area contributed by atoms with Crippen molar-refractivity contribution in [3.8, 4) is 17.3 Å². The molecule has 4 aromatic heterocycles. The topological polar surface area (TPSA) is 108 Å². The molecule has 0 aliphatic rings. The molecule has 0 aliphatic carbocycles. The number of carbonyl (C=O) groups excluding carboxylic acids is 1. The Kier molecular flexibility index (Phi) is 7.37. The van der Waals surface area contributed by atoms with Crippen LogP contribution >= 0.6 is 0 Å². The molecule has 0 unspecified atom stereocenters. The zero-order valence-electron chi connectivity index (χ0n) is 20.3. The van der Waals surface area contributed by atoms with Crippen molar-refractivity contribution in [3.05, 3.63) is 78.4 Å². The Labute approximate surface area is 223 Å². The summed E-state index contributed by atoms with van der Waals surface area (Å²) >= 11 is -0.725. The summed E-state index contributed by atoms with van der Waals surface area (Å²) in [5.74, 6) is 1.20. The molecule has 0 aliphatic heterocycles. The molecule has 1 N–H and O–H groups in total. The van der Waals surface area contributed by atoms with Crippen LogP contribution in [0.5, 0.6) is 5.75 Å². The minimum atomic E-state index is -2.71. The number of ether oxygens (including phenoxy) is 1. The molecule has 9 nitrogen and oxygen atoms in total. The molecule has 5 rings (SSSR count). The Morgan fingerprint density at radius 1 is 1.08 bits per heavy atom. The quantitative estimate of drug-likeness (QED) is 0.283. The van der Waals surface area contributed by atoms with E-state index in [2.05, 4.69) is 20.3 Å². The third-order valence-electron chi connectivity index (χ3n) is 5.46. The van der Waals surface area contributed by atoms with Crippen LogP contribution in [-0.2, 0) is 11.3 Å². The van der Waals surface area contributed by atoms with E-state index in [0.29, 0.717) is 28.0 Å². The SMILES string of the molecule is COc1ccc(Cn2cnc3c([As]c4ccnc(NC(C)=O)c4)nc(-c4cccc(C(F)F)n4)nc32)cc1. The number of alkyl halides is 2. The molecule has 12 heteroatoms. The molecule has 1 aromatic carbocycles. The van der Waals surface area contributed by atoms with Gasteiger partial charge in [0.05, 0.1) is 0 Å². The van der Waals surface area contributed by atoms with Crippen molar-refractivity contribution in [2.45, 2.75) is 19.9 Å². The molecule has 0 spiro atoms. The number of rotatable bonds is 8. The summed E-state index contributed by atoms with van der Waals surface area (Å²) < 4.78 is 35.5. The molecule has 4 heterocycles. The van der Waals surface area contributed by atoms with Crippen molar-refractivity contribution in [1.29, 1.82) is 0 Å². The first kappa shape index (κ1) is 25.4. The Morgan fingerprint density at radius 2 is 1.89 bits per heavy atom. The van der Waals surface area contributed by atoms with Gasteiger partial charge in [-0.05, 0) is 0 Å². The van der Waals surface area contributed by atoms with Crippen LogP contribution in [0.4, 0.5) is 14.6 Å². The number of nitrogens with one attached hydrogen (secondary N) is 1. The van der Waals surface area contributed by atoms with E-state index in [1.807, 2.05) is 34.9 Å². The van der Waals surface area contributed by atoms with Crippen LogP contribution in [0.2, 0.25) is 0 Å². The van der Waals surface area contributed by atoms with Crippen LogP contribution in [0.1, 0.15) is 24.6 Å². The normalized spacial score (nSPS) is 11.5. The second-order valence-corrected chi connectivity index (χ2v) is 10.6. The zero-order chi connectivity index (χ0) is 26.6. The summed E-state index contributed by atoms with van der Waals surface area (Å²) in [5, 5.41) is 2.68. The summed E-state index contributed by atoms with van der Waals surface area (Å²) in [4.78, 5) is 33.8. The summed E-state index contributed by atoms with van der Waals surface area (Å²) in [5.41, 5.74) is 2.09. The van der Waals surface area contributed by atoms with E-state index >= 15 is 0 Å². The van der Waals surface area contributed by atoms with Gasteiger partial charge >= 0.3 is 223 Å². The van der Waals surface area contributed by atoms with E-state index in [4.69, 9.17) is 14.7 Å². The number of halogens is 2. The molecule has 38 heavy (non-hydrogen) atoms. The monoisotopic (exact) mass is 576 g/mol. The number of nitrogens with zero attached hydrogens (tertiary/aromatic N) is 6. The summed E-state index contributed by atoms with van der Waals surface area (Å²) in [6.07, 6.45) is 0.593. The Balaban J connectivity index is 1.59. The van der Waals surface area contributed by atoms with Gasteiger partial charge in [-0.2, -0.15) is 0 Å². The number of pyridine rings is 2. The van der Waals surface area contributed by atoms with Gasteiger partial charge in [-0.15, -0.1) is 0 Å². The van der Waals surface area contributed by atoms with Crippen LogP contribution in [0.25, 0.3) is 22.7 Å².